The summed E-state index contributed by atoms with van der Waals surface area (Å²) in [5.41, 5.74) is 11.6. The van der Waals surface area contributed by atoms with Gasteiger partial charge in [0.25, 0.3) is 5.91 Å². The average Bonchev–Trinajstić information content (AvgIpc) is 2.90. The summed E-state index contributed by atoms with van der Waals surface area (Å²) in [7, 11) is 1.29. The molecule has 0 bridgehead atoms. The van der Waals surface area contributed by atoms with E-state index in [2.05, 4.69) is 18.7 Å². The number of nitrogens with two attached hydrogens (primary N) is 2. The Morgan fingerprint density at radius 1 is 1.30 bits per heavy atom. The van der Waals surface area contributed by atoms with Gasteiger partial charge in [-0.25, -0.2) is 4.79 Å². The number of carbonyl (C=O) groups excluding carboxylic acids is 2. The van der Waals surface area contributed by atoms with Crippen LogP contribution in [0.1, 0.15) is 33.9 Å². The summed E-state index contributed by atoms with van der Waals surface area (Å²) >= 11 is 1.16. The van der Waals surface area contributed by atoms with Crippen LogP contribution < -0.4 is 16.4 Å². The number of nitrogen functional groups attached to an aromatic ring is 1. The number of primary amides is 1. The molecule has 6 nitrogen and oxygen atoms in total. The van der Waals surface area contributed by atoms with Gasteiger partial charge in [-0.15, -0.1) is 11.3 Å². The molecule has 1 fully saturated rings. The van der Waals surface area contributed by atoms with Crippen molar-refractivity contribution in [2.75, 3.05) is 30.8 Å². The van der Waals surface area contributed by atoms with Crippen molar-refractivity contribution < 1.29 is 14.3 Å². The number of hydrogen-bond donors (Lipinski definition) is 2. The number of rotatable bonds is 3. The van der Waals surface area contributed by atoms with E-state index < -0.39 is 11.9 Å². The second-order valence-electron chi connectivity index (χ2n) is 5.24. The van der Waals surface area contributed by atoms with Crippen LogP contribution in [0.25, 0.3) is 0 Å². The van der Waals surface area contributed by atoms with Gasteiger partial charge in [0.1, 0.15) is 15.4 Å². The van der Waals surface area contributed by atoms with E-state index in [4.69, 9.17) is 16.2 Å². The fourth-order valence-corrected chi connectivity index (χ4v) is 3.51. The highest BCUT2D eigenvalue weighted by molar-refractivity contribution is 7.19. The Balaban J connectivity index is 2.49. The first-order valence-electron chi connectivity index (χ1n) is 6.42. The quantitative estimate of drug-likeness (QED) is 0.820. The van der Waals surface area contributed by atoms with Crippen molar-refractivity contribution in [1.82, 2.24) is 0 Å². The summed E-state index contributed by atoms with van der Waals surface area (Å²) in [4.78, 5) is 25.7. The number of anilines is 2. The molecule has 4 N–H and O–H groups in total. The Morgan fingerprint density at radius 2 is 1.85 bits per heavy atom. The molecule has 2 unspecified atom stereocenters. The van der Waals surface area contributed by atoms with Crippen molar-refractivity contribution >= 4 is 33.9 Å². The molecule has 1 amide bonds. The fourth-order valence-electron chi connectivity index (χ4n) is 2.43. The number of amides is 1. The molecule has 1 aromatic rings. The van der Waals surface area contributed by atoms with Crippen LogP contribution in [0.3, 0.4) is 0 Å². The van der Waals surface area contributed by atoms with Gasteiger partial charge in [-0.05, 0) is 11.8 Å². The SMILES string of the molecule is COC(=O)c1c(N2CC(C)C(C)C2)sc(C(N)=O)c1N. The third-order valence-corrected chi connectivity index (χ3v) is 5.10. The van der Waals surface area contributed by atoms with Gasteiger partial charge in [0.05, 0.1) is 12.8 Å². The molecule has 1 saturated heterocycles. The lowest BCUT2D eigenvalue weighted by Crippen LogP contribution is -2.21. The highest BCUT2D eigenvalue weighted by Gasteiger charge is 2.33. The molecule has 0 saturated carbocycles. The summed E-state index contributed by atoms with van der Waals surface area (Å²) < 4.78 is 4.77. The minimum atomic E-state index is -0.621. The first-order chi connectivity index (χ1) is 9.36. The van der Waals surface area contributed by atoms with Gasteiger partial charge in [-0.1, -0.05) is 13.8 Å². The number of esters is 1. The van der Waals surface area contributed by atoms with Crippen molar-refractivity contribution in [2.45, 2.75) is 13.8 Å². The third kappa shape index (κ3) is 2.33. The Labute approximate surface area is 121 Å². The molecule has 20 heavy (non-hydrogen) atoms. The lowest BCUT2D eigenvalue weighted by Gasteiger charge is -2.17. The van der Waals surface area contributed by atoms with Crippen LogP contribution in [-0.2, 0) is 4.74 Å². The zero-order chi connectivity index (χ0) is 15.0. The molecule has 7 heteroatoms. The zero-order valence-electron chi connectivity index (χ0n) is 11.8. The number of ether oxygens (including phenoxy) is 1. The van der Waals surface area contributed by atoms with Crippen molar-refractivity contribution in [3.05, 3.63) is 10.4 Å². The molecular formula is C13H19N3O3S. The summed E-state index contributed by atoms with van der Waals surface area (Å²) in [6.45, 7) is 5.97. The highest BCUT2D eigenvalue weighted by atomic mass is 32.1. The van der Waals surface area contributed by atoms with Crippen LogP contribution in [0.15, 0.2) is 0 Å². The Kier molecular flexibility index (Phi) is 3.89. The molecule has 0 spiro atoms. The van der Waals surface area contributed by atoms with E-state index in [1.165, 1.54) is 7.11 Å². The molecule has 110 valence electrons. The van der Waals surface area contributed by atoms with E-state index in [9.17, 15) is 9.59 Å². The van der Waals surface area contributed by atoms with Crippen LogP contribution in [0, 0.1) is 11.8 Å². The topological polar surface area (TPSA) is 98.6 Å². The van der Waals surface area contributed by atoms with Crippen molar-refractivity contribution in [1.29, 1.82) is 0 Å². The number of hydrogen-bond acceptors (Lipinski definition) is 6. The standard InChI is InChI=1S/C13H19N3O3S/c1-6-4-16(5-7(6)2)12-8(13(18)19-3)9(14)10(20-12)11(15)17/h6-7H,4-5,14H2,1-3H3,(H2,15,17). The Hall–Kier alpha value is -1.76. The van der Waals surface area contributed by atoms with E-state index in [1.54, 1.807) is 0 Å². The first kappa shape index (κ1) is 14.6. The zero-order valence-corrected chi connectivity index (χ0v) is 12.6. The number of nitrogens with zero attached hydrogens (tertiary/aromatic N) is 1. The minimum Gasteiger partial charge on any atom is -0.465 e. The van der Waals surface area contributed by atoms with Gasteiger partial charge >= 0.3 is 5.97 Å². The van der Waals surface area contributed by atoms with Gasteiger partial charge in [0.15, 0.2) is 0 Å². The number of thiophene rings is 1. The molecule has 2 heterocycles. The predicted molar refractivity (Wildman–Crippen MR) is 79.1 cm³/mol. The maximum absolute atomic E-state index is 11.9. The second kappa shape index (κ2) is 5.32. The molecule has 0 aliphatic carbocycles. The van der Waals surface area contributed by atoms with Crippen molar-refractivity contribution in [3.8, 4) is 0 Å². The van der Waals surface area contributed by atoms with Crippen LogP contribution in [0.4, 0.5) is 10.7 Å². The largest absolute Gasteiger partial charge is 0.465 e. The van der Waals surface area contributed by atoms with E-state index in [-0.39, 0.29) is 16.1 Å². The summed E-state index contributed by atoms with van der Waals surface area (Å²) in [5, 5.41) is 0.680. The highest BCUT2D eigenvalue weighted by Crippen LogP contribution is 2.41. The monoisotopic (exact) mass is 297 g/mol. The second-order valence-corrected chi connectivity index (χ2v) is 6.24. The Morgan fingerprint density at radius 3 is 2.30 bits per heavy atom. The lowest BCUT2D eigenvalue weighted by molar-refractivity contribution is 0.0603. The predicted octanol–water partition coefficient (Wildman–Crippen LogP) is 1.31. The molecule has 1 aliphatic heterocycles. The lowest BCUT2D eigenvalue weighted by atomic mass is 10.0. The van der Waals surface area contributed by atoms with Crippen LogP contribution in [0.2, 0.25) is 0 Å². The maximum atomic E-state index is 11.9. The molecule has 0 radical (unpaired) electrons. The van der Waals surface area contributed by atoms with E-state index in [0.29, 0.717) is 16.8 Å². The average molecular weight is 297 g/mol. The molecule has 2 atom stereocenters. The fraction of sp³-hybridized carbons (Fsp3) is 0.538. The first-order valence-corrected chi connectivity index (χ1v) is 7.23. The van der Waals surface area contributed by atoms with Gasteiger partial charge < -0.3 is 21.1 Å². The van der Waals surface area contributed by atoms with Crippen molar-refractivity contribution in [3.63, 3.8) is 0 Å². The summed E-state index contributed by atoms with van der Waals surface area (Å²) in [6, 6.07) is 0. The summed E-state index contributed by atoms with van der Waals surface area (Å²) in [5.74, 6) is -0.126. The number of methoxy groups -OCH3 is 1. The van der Waals surface area contributed by atoms with Gasteiger partial charge in [0, 0.05) is 13.1 Å². The van der Waals surface area contributed by atoms with E-state index in [0.717, 1.165) is 24.4 Å². The molecular weight excluding hydrogens is 278 g/mol. The third-order valence-electron chi connectivity index (χ3n) is 3.82. The van der Waals surface area contributed by atoms with Crippen LogP contribution in [0.5, 0.6) is 0 Å². The minimum absolute atomic E-state index is 0.122. The van der Waals surface area contributed by atoms with Gasteiger partial charge in [0.2, 0.25) is 0 Å². The van der Waals surface area contributed by atoms with Gasteiger partial charge in [-0.3, -0.25) is 4.79 Å². The normalized spacial score (nSPS) is 22.1. The van der Waals surface area contributed by atoms with Gasteiger partial charge in [-0.2, -0.15) is 0 Å². The number of carbonyl (C=O) groups is 2. The van der Waals surface area contributed by atoms with E-state index in [1.807, 2.05) is 0 Å². The van der Waals surface area contributed by atoms with Crippen LogP contribution >= 0.6 is 11.3 Å². The maximum Gasteiger partial charge on any atom is 0.343 e. The molecule has 0 aromatic carbocycles. The molecule has 1 aromatic heterocycles. The van der Waals surface area contributed by atoms with Crippen LogP contribution in [-0.4, -0.2) is 32.1 Å². The molecule has 1 aliphatic rings. The summed E-state index contributed by atoms with van der Waals surface area (Å²) in [6.07, 6.45) is 0. The van der Waals surface area contributed by atoms with Crippen molar-refractivity contribution in [2.24, 2.45) is 17.6 Å². The Bertz CT molecular complexity index is 545. The molecule has 2 rings (SSSR count). The smallest absolute Gasteiger partial charge is 0.343 e. The van der Waals surface area contributed by atoms with E-state index >= 15 is 0 Å².